The van der Waals surface area contributed by atoms with Crippen LogP contribution < -0.4 is 5.32 Å². The third-order valence-electron chi connectivity index (χ3n) is 3.99. The van der Waals surface area contributed by atoms with Gasteiger partial charge in [-0.1, -0.05) is 18.2 Å². The van der Waals surface area contributed by atoms with Crippen LogP contribution in [0.2, 0.25) is 0 Å². The Balaban J connectivity index is 1.76. The molecule has 0 amide bonds. The van der Waals surface area contributed by atoms with Crippen molar-refractivity contribution >= 4 is 22.5 Å². The fourth-order valence-electron chi connectivity index (χ4n) is 2.82. The van der Waals surface area contributed by atoms with E-state index in [9.17, 15) is 0 Å². The molecule has 0 fully saturated rings. The zero-order valence-electron chi connectivity index (χ0n) is 13.3. The number of para-hydroxylation sites is 1. The molecule has 5 nitrogen and oxygen atoms in total. The summed E-state index contributed by atoms with van der Waals surface area (Å²) >= 11 is 0. The number of nitrogens with zero attached hydrogens (tertiary/aromatic N) is 4. The molecule has 0 spiro atoms. The standard InChI is InChI=1S/C19H17N5/c1-2-24-13-16(15-8-10-20-12-18(15)24)17-9-11-21-19(23-17)22-14-6-4-3-5-7-14/h3-13H,2H2,1H3,(H,21,22,23). The molecule has 0 aliphatic carbocycles. The van der Waals surface area contributed by atoms with E-state index in [1.807, 2.05) is 54.9 Å². The molecule has 0 aliphatic heterocycles. The number of anilines is 2. The fraction of sp³-hybridized carbons (Fsp3) is 0.105. The van der Waals surface area contributed by atoms with E-state index in [1.54, 1.807) is 6.20 Å². The Hall–Kier alpha value is -3.21. The number of pyridine rings is 1. The Morgan fingerprint density at radius 2 is 1.92 bits per heavy atom. The second kappa shape index (κ2) is 6.12. The molecule has 0 bridgehead atoms. The van der Waals surface area contributed by atoms with Crippen LogP contribution in [0.5, 0.6) is 0 Å². The minimum Gasteiger partial charge on any atom is -0.346 e. The average Bonchev–Trinajstić information content (AvgIpc) is 3.02. The first-order valence-electron chi connectivity index (χ1n) is 7.93. The highest BCUT2D eigenvalue weighted by Crippen LogP contribution is 2.29. The lowest BCUT2D eigenvalue weighted by Crippen LogP contribution is -1.97. The van der Waals surface area contributed by atoms with E-state index in [1.165, 1.54) is 0 Å². The third-order valence-corrected chi connectivity index (χ3v) is 3.99. The summed E-state index contributed by atoms with van der Waals surface area (Å²) in [6.45, 7) is 3.01. The number of hydrogen-bond donors (Lipinski definition) is 1. The summed E-state index contributed by atoms with van der Waals surface area (Å²) < 4.78 is 2.18. The third kappa shape index (κ3) is 2.60. The van der Waals surface area contributed by atoms with Crippen molar-refractivity contribution in [1.29, 1.82) is 0 Å². The molecule has 3 aromatic heterocycles. The molecule has 0 atom stereocenters. The van der Waals surface area contributed by atoms with Crippen molar-refractivity contribution in [2.45, 2.75) is 13.5 Å². The van der Waals surface area contributed by atoms with Gasteiger partial charge in [-0.3, -0.25) is 4.98 Å². The van der Waals surface area contributed by atoms with E-state index < -0.39 is 0 Å². The van der Waals surface area contributed by atoms with Gasteiger partial charge in [0.15, 0.2) is 0 Å². The fourth-order valence-corrected chi connectivity index (χ4v) is 2.82. The Morgan fingerprint density at radius 3 is 2.75 bits per heavy atom. The summed E-state index contributed by atoms with van der Waals surface area (Å²) in [5.41, 5.74) is 4.07. The molecule has 0 radical (unpaired) electrons. The highest BCUT2D eigenvalue weighted by Gasteiger charge is 2.11. The maximum Gasteiger partial charge on any atom is 0.227 e. The molecule has 24 heavy (non-hydrogen) atoms. The van der Waals surface area contributed by atoms with Crippen molar-refractivity contribution in [2.24, 2.45) is 0 Å². The summed E-state index contributed by atoms with van der Waals surface area (Å²) in [4.78, 5) is 13.2. The number of aryl methyl sites for hydroxylation is 1. The second-order valence-corrected chi connectivity index (χ2v) is 5.48. The SMILES string of the molecule is CCn1cc(-c2ccnc(Nc3ccccc3)n2)c2ccncc21. The van der Waals surface area contributed by atoms with E-state index in [2.05, 4.69) is 38.0 Å². The first kappa shape index (κ1) is 14.4. The van der Waals surface area contributed by atoms with Gasteiger partial charge >= 0.3 is 0 Å². The van der Waals surface area contributed by atoms with Crippen LogP contribution in [-0.4, -0.2) is 19.5 Å². The monoisotopic (exact) mass is 315 g/mol. The zero-order chi connectivity index (χ0) is 16.4. The minimum atomic E-state index is 0.588. The predicted molar refractivity (Wildman–Crippen MR) is 96.2 cm³/mol. The summed E-state index contributed by atoms with van der Waals surface area (Å²) in [5.74, 6) is 0.588. The summed E-state index contributed by atoms with van der Waals surface area (Å²) in [7, 11) is 0. The molecule has 0 saturated carbocycles. The largest absolute Gasteiger partial charge is 0.346 e. The maximum absolute atomic E-state index is 4.68. The Labute approximate surface area is 140 Å². The van der Waals surface area contributed by atoms with Crippen molar-refractivity contribution < 1.29 is 0 Å². The minimum absolute atomic E-state index is 0.588. The number of rotatable bonds is 4. The molecule has 4 aromatic rings. The van der Waals surface area contributed by atoms with Crippen LogP contribution in [-0.2, 0) is 6.54 Å². The van der Waals surface area contributed by atoms with Gasteiger partial charge in [0, 0.05) is 41.8 Å². The molecular formula is C19H17N5. The average molecular weight is 315 g/mol. The maximum atomic E-state index is 4.68. The first-order valence-corrected chi connectivity index (χ1v) is 7.93. The van der Waals surface area contributed by atoms with Crippen LogP contribution >= 0.6 is 0 Å². The van der Waals surface area contributed by atoms with Crippen LogP contribution in [0.3, 0.4) is 0 Å². The number of fused-ring (bicyclic) bond motifs is 1. The molecule has 0 aliphatic rings. The lowest BCUT2D eigenvalue weighted by atomic mass is 10.1. The van der Waals surface area contributed by atoms with E-state index in [0.29, 0.717) is 5.95 Å². The van der Waals surface area contributed by atoms with Crippen LogP contribution in [0, 0.1) is 0 Å². The molecule has 0 saturated heterocycles. The summed E-state index contributed by atoms with van der Waals surface area (Å²) in [5, 5.41) is 4.39. The Bertz CT molecular complexity index is 975. The summed E-state index contributed by atoms with van der Waals surface area (Å²) in [6, 6.07) is 13.9. The number of nitrogens with one attached hydrogen (secondary N) is 1. The molecule has 1 aromatic carbocycles. The molecule has 5 heteroatoms. The van der Waals surface area contributed by atoms with Crippen molar-refractivity contribution in [1.82, 2.24) is 19.5 Å². The Morgan fingerprint density at radius 1 is 1.04 bits per heavy atom. The smallest absolute Gasteiger partial charge is 0.227 e. The highest BCUT2D eigenvalue weighted by molar-refractivity contribution is 5.94. The van der Waals surface area contributed by atoms with Crippen LogP contribution in [0.4, 0.5) is 11.6 Å². The normalized spacial score (nSPS) is 10.9. The van der Waals surface area contributed by atoms with Gasteiger partial charge in [-0.25, -0.2) is 9.97 Å². The van der Waals surface area contributed by atoms with Crippen molar-refractivity contribution in [3.63, 3.8) is 0 Å². The van der Waals surface area contributed by atoms with Crippen LogP contribution in [0.1, 0.15) is 6.92 Å². The van der Waals surface area contributed by atoms with Gasteiger partial charge in [-0.2, -0.15) is 0 Å². The molecule has 118 valence electrons. The van der Waals surface area contributed by atoms with Gasteiger partial charge in [0.2, 0.25) is 5.95 Å². The number of aromatic nitrogens is 4. The zero-order valence-corrected chi connectivity index (χ0v) is 13.3. The van der Waals surface area contributed by atoms with Gasteiger partial charge in [0.1, 0.15) is 0 Å². The van der Waals surface area contributed by atoms with E-state index in [-0.39, 0.29) is 0 Å². The predicted octanol–water partition coefficient (Wildman–Crippen LogP) is 4.26. The van der Waals surface area contributed by atoms with Gasteiger partial charge in [0.25, 0.3) is 0 Å². The highest BCUT2D eigenvalue weighted by atomic mass is 15.1. The molecule has 4 rings (SSSR count). The number of benzene rings is 1. The van der Waals surface area contributed by atoms with E-state index in [4.69, 9.17) is 0 Å². The van der Waals surface area contributed by atoms with Crippen molar-refractivity contribution in [3.8, 4) is 11.3 Å². The topological polar surface area (TPSA) is 55.6 Å². The van der Waals surface area contributed by atoms with Gasteiger partial charge in [-0.15, -0.1) is 0 Å². The second-order valence-electron chi connectivity index (χ2n) is 5.48. The molecular weight excluding hydrogens is 298 g/mol. The molecule has 0 unspecified atom stereocenters. The van der Waals surface area contributed by atoms with Crippen LogP contribution in [0.15, 0.2) is 67.3 Å². The quantitative estimate of drug-likeness (QED) is 0.611. The summed E-state index contributed by atoms with van der Waals surface area (Å²) in [6.07, 6.45) is 7.62. The Kier molecular flexibility index (Phi) is 3.67. The van der Waals surface area contributed by atoms with Gasteiger partial charge in [-0.05, 0) is 31.2 Å². The van der Waals surface area contributed by atoms with Crippen LogP contribution in [0.25, 0.3) is 22.2 Å². The lowest BCUT2D eigenvalue weighted by Gasteiger charge is -2.06. The van der Waals surface area contributed by atoms with Crippen molar-refractivity contribution in [2.75, 3.05) is 5.32 Å². The van der Waals surface area contributed by atoms with E-state index >= 15 is 0 Å². The first-order chi connectivity index (χ1) is 11.8. The van der Waals surface area contributed by atoms with Gasteiger partial charge < -0.3 is 9.88 Å². The van der Waals surface area contributed by atoms with E-state index in [0.717, 1.165) is 34.4 Å². The molecule has 3 heterocycles. The van der Waals surface area contributed by atoms with Gasteiger partial charge in [0.05, 0.1) is 17.4 Å². The molecule has 1 N–H and O–H groups in total. The van der Waals surface area contributed by atoms with Crippen molar-refractivity contribution in [3.05, 3.63) is 67.3 Å². The number of hydrogen-bond acceptors (Lipinski definition) is 4. The lowest BCUT2D eigenvalue weighted by molar-refractivity contribution is 0.796.